The van der Waals surface area contributed by atoms with Gasteiger partial charge in [-0.05, 0) is 32.7 Å². The summed E-state index contributed by atoms with van der Waals surface area (Å²) in [6.45, 7) is 6.78. The van der Waals surface area contributed by atoms with Gasteiger partial charge in [-0.15, -0.1) is 0 Å². The van der Waals surface area contributed by atoms with E-state index in [1.165, 1.54) is 28.5 Å². The second-order valence-corrected chi connectivity index (χ2v) is 9.94. The lowest BCUT2D eigenvalue weighted by molar-refractivity contribution is -0.133. The Labute approximate surface area is 201 Å². The predicted octanol–water partition coefficient (Wildman–Crippen LogP) is 1.02. The van der Waals surface area contributed by atoms with Crippen LogP contribution in [0.5, 0.6) is 0 Å². The Bertz CT molecular complexity index is 888. The Morgan fingerprint density at radius 2 is 1.88 bits per heavy atom. The molecular weight excluding hydrogens is 436 g/mol. The minimum atomic E-state index is -1.06. The maximum absolute atomic E-state index is 13.3. The van der Waals surface area contributed by atoms with Gasteiger partial charge in [0.2, 0.25) is 5.91 Å². The summed E-state index contributed by atoms with van der Waals surface area (Å²) >= 11 is 0. The van der Waals surface area contributed by atoms with Crippen LogP contribution in [-0.2, 0) is 16.1 Å². The van der Waals surface area contributed by atoms with E-state index in [0.717, 1.165) is 65.0 Å². The number of rotatable bonds is 7. The maximum atomic E-state index is 13.3. The van der Waals surface area contributed by atoms with Crippen molar-refractivity contribution in [2.75, 3.05) is 46.4 Å². The average Bonchev–Trinajstić information content (AvgIpc) is 3.09. The fraction of sp³-hybridized carbons (Fsp3) is 0.750. The minimum Gasteiger partial charge on any atom is -0.379 e. The summed E-state index contributed by atoms with van der Waals surface area (Å²) in [7, 11) is 1.65. The molecule has 2 aliphatic heterocycles. The first-order valence-corrected chi connectivity index (χ1v) is 12.6. The number of amides is 3. The van der Waals surface area contributed by atoms with Crippen LogP contribution in [0.25, 0.3) is 0 Å². The normalized spacial score (nSPS) is 24.4. The molecule has 0 radical (unpaired) electrons. The van der Waals surface area contributed by atoms with Gasteiger partial charge in [-0.3, -0.25) is 24.0 Å². The first kappa shape index (κ1) is 24.7. The van der Waals surface area contributed by atoms with Gasteiger partial charge >= 0.3 is 0 Å². The van der Waals surface area contributed by atoms with E-state index in [1.807, 2.05) is 0 Å². The van der Waals surface area contributed by atoms with Gasteiger partial charge in [0.1, 0.15) is 11.2 Å². The Morgan fingerprint density at radius 1 is 1.18 bits per heavy atom. The number of hydrogen-bond acceptors (Lipinski definition) is 6. The SMILES string of the molecule is CN1C(=O)c2cc(C(=O)NCCCN3CCOCC3)nn2CC1(C)C(=O)NC1CCCCCC1. The van der Waals surface area contributed by atoms with Crippen molar-refractivity contribution in [3.05, 3.63) is 17.5 Å². The number of ether oxygens (including phenoxy) is 1. The second kappa shape index (κ2) is 10.9. The molecule has 0 spiro atoms. The molecule has 0 aromatic carbocycles. The number of carbonyl (C=O) groups is 3. The van der Waals surface area contributed by atoms with Crippen LogP contribution in [-0.4, -0.2) is 95.3 Å². The fourth-order valence-electron chi connectivity index (χ4n) is 5.02. The summed E-state index contributed by atoms with van der Waals surface area (Å²) in [5.74, 6) is -0.766. The molecule has 34 heavy (non-hydrogen) atoms. The number of nitrogens with zero attached hydrogens (tertiary/aromatic N) is 4. The molecule has 10 heteroatoms. The van der Waals surface area contributed by atoms with Gasteiger partial charge in [0.15, 0.2) is 5.69 Å². The van der Waals surface area contributed by atoms with Crippen LogP contribution in [0, 0.1) is 0 Å². The molecule has 10 nitrogen and oxygen atoms in total. The Balaban J connectivity index is 1.36. The average molecular weight is 475 g/mol. The number of nitrogens with one attached hydrogen (secondary N) is 2. The molecule has 1 saturated heterocycles. The number of fused-ring (bicyclic) bond motifs is 1. The highest BCUT2D eigenvalue weighted by Crippen LogP contribution is 2.27. The summed E-state index contributed by atoms with van der Waals surface area (Å²) < 4.78 is 6.86. The number of likely N-dealkylation sites (N-methyl/N-ethyl adjacent to an activating group) is 1. The van der Waals surface area contributed by atoms with Crippen LogP contribution in [0.4, 0.5) is 0 Å². The number of aromatic nitrogens is 2. The largest absolute Gasteiger partial charge is 0.379 e. The highest BCUT2D eigenvalue weighted by Gasteiger charge is 2.46. The molecule has 1 unspecified atom stereocenters. The summed E-state index contributed by atoms with van der Waals surface area (Å²) in [5.41, 5.74) is -0.522. The quantitative estimate of drug-likeness (QED) is 0.451. The highest BCUT2D eigenvalue weighted by atomic mass is 16.5. The van der Waals surface area contributed by atoms with Crippen LogP contribution < -0.4 is 10.6 Å². The lowest BCUT2D eigenvalue weighted by Crippen LogP contribution is -2.63. The van der Waals surface area contributed by atoms with Crippen molar-refractivity contribution in [3.63, 3.8) is 0 Å². The molecule has 1 aliphatic carbocycles. The van der Waals surface area contributed by atoms with E-state index in [-0.39, 0.29) is 36.0 Å². The maximum Gasteiger partial charge on any atom is 0.272 e. The van der Waals surface area contributed by atoms with E-state index in [1.54, 1.807) is 14.0 Å². The molecule has 1 aromatic rings. The van der Waals surface area contributed by atoms with Gasteiger partial charge in [0.05, 0.1) is 19.8 Å². The van der Waals surface area contributed by atoms with Crippen LogP contribution in [0.15, 0.2) is 6.07 Å². The molecule has 1 atom stereocenters. The highest BCUT2D eigenvalue weighted by molar-refractivity contribution is 6.01. The molecule has 188 valence electrons. The monoisotopic (exact) mass is 474 g/mol. The fourth-order valence-corrected chi connectivity index (χ4v) is 5.02. The van der Waals surface area contributed by atoms with Crippen molar-refractivity contribution in [1.29, 1.82) is 0 Å². The van der Waals surface area contributed by atoms with Crippen molar-refractivity contribution < 1.29 is 19.1 Å². The van der Waals surface area contributed by atoms with Crippen LogP contribution >= 0.6 is 0 Å². The van der Waals surface area contributed by atoms with E-state index in [0.29, 0.717) is 12.2 Å². The molecule has 2 N–H and O–H groups in total. The Morgan fingerprint density at radius 3 is 2.59 bits per heavy atom. The summed E-state index contributed by atoms with van der Waals surface area (Å²) in [6.07, 6.45) is 7.42. The van der Waals surface area contributed by atoms with E-state index >= 15 is 0 Å². The van der Waals surface area contributed by atoms with Crippen molar-refractivity contribution in [2.24, 2.45) is 0 Å². The second-order valence-electron chi connectivity index (χ2n) is 9.94. The number of carbonyl (C=O) groups excluding carboxylic acids is 3. The van der Waals surface area contributed by atoms with Crippen LogP contribution in [0.3, 0.4) is 0 Å². The molecule has 2 fully saturated rings. The molecule has 3 aliphatic rings. The van der Waals surface area contributed by atoms with Crippen molar-refractivity contribution in [2.45, 2.75) is 70.0 Å². The summed E-state index contributed by atoms with van der Waals surface area (Å²) in [4.78, 5) is 42.8. The van der Waals surface area contributed by atoms with Gasteiger partial charge in [0, 0.05) is 38.8 Å². The smallest absolute Gasteiger partial charge is 0.272 e. The number of hydrogen-bond donors (Lipinski definition) is 2. The van der Waals surface area contributed by atoms with Crippen molar-refractivity contribution >= 4 is 17.7 Å². The number of morpholine rings is 1. The molecule has 3 amide bonds. The third-order valence-electron chi connectivity index (χ3n) is 7.45. The standard InChI is InChI=1S/C24H38N6O4/c1-24(23(33)26-18-8-5-3-4-6-9-18)17-30-20(22(32)28(24)2)16-19(27-30)21(31)25-10-7-11-29-12-14-34-15-13-29/h16,18H,3-15,17H2,1-2H3,(H,25,31)(H,26,33). The third-order valence-corrected chi connectivity index (χ3v) is 7.45. The lowest BCUT2D eigenvalue weighted by Gasteiger charge is -2.41. The van der Waals surface area contributed by atoms with E-state index in [4.69, 9.17) is 4.74 Å². The molecule has 0 bridgehead atoms. The van der Waals surface area contributed by atoms with E-state index < -0.39 is 5.54 Å². The summed E-state index contributed by atoms with van der Waals surface area (Å²) in [6, 6.07) is 1.67. The molecule has 3 heterocycles. The van der Waals surface area contributed by atoms with E-state index in [2.05, 4.69) is 20.6 Å². The topological polar surface area (TPSA) is 109 Å². The van der Waals surface area contributed by atoms with Gasteiger partial charge < -0.3 is 20.3 Å². The Hall–Kier alpha value is -2.46. The van der Waals surface area contributed by atoms with Crippen molar-refractivity contribution in [3.8, 4) is 0 Å². The zero-order valence-corrected chi connectivity index (χ0v) is 20.5. The van der Waals surface area contributed by atoms with Gasteiger partial charge in [-0.1, -0.05) is 25.7 Å². The van der Waals surface area contributed by atoms with Crippen LogP contribution in [0.2, 0.25) is 0 Å². The molecule has 4 rings (SSSR count). The van der Waals surface area contributed by atoms with Gasteiger partial charge in [-0.2, -0.15) is 5.10 Å². The lowest BCUT2D eigenvalue weighted by atomic mass is 9.95. The van der Waals surface area contributed by atoms with Gasteiger partial charge in [-0.25, -0.2) is 0 Å². The zero-order valence-electron chi connectivity index (χ0n) is 20.5. The van der Waals surface area contributed by atoms with Crippen LogP contribution in [0.1, 0.15) is 72.8 Å². The molecular formula is C24H38N6O4. The van der Waals surface area contributed by atoms with E-state index in [9.17, 15) is 14.4 Å². The third kappa shape index (κ3) is 5.43. The molecule has 1 saturated carbocycles. The molecule has 1 aromatic heterocycles. The van der Waals surface area contributed by atoms with Crippen molar-refractivity contribution in [1.82, 2.24) is 30.2 Å². The summed E-state index contributed by atoms with van der Waals surface area (Å²) in [5, 5.41) is 10.5. The van der Waals surface area contributed by atoms with Gasteiger partial charge in [0.25, 0.3) is 11.8 Å². The first-order chi connectivity index (χ1) is 16.4. The zero-order chi connectivity index (χ0) is 24.1. The Kier molecular flexibility index (Phi) is 7.88. The first-order valence-electron chi connectivity index (χ1n) is 12.6. The minimum absolute atomic E-state index is 0.146. The predicted molar refractivity (Wildman–Crippen MR) is 127 cm³/mol.